The van der Waals surface area contributed by atoms with Gasteiger partial charge in [0.25, 0.3) is 0 Å². The van der Waals surface area contributed by atoms with E-state index in [1.165, 1.54) is 5.56 Å². The van der Waals surface area contributed by atoms with Crippen molar-refractivity contribution in [2.75, 3.05) is 10.7 Å². The van der Waals surface area contributed by atoms with Gasteiger partial charge in [-0.15, -0.1) is 0 Å². The van der Waals surface area contributed by atoms with Crippen molar-refractivity contribution < 1.29 is 0 Å². The van der Waals surface area contributed by atoms with E-state index < -0.39 is 0 Å². The minimum Gasteiger partial charge on any atom is -0.319 e. The summed E-state index contributed by atoms with van der Waals surface area (Å²) in [5, 5.41) is 2.46. The van der Waals surface area contributed by atoms with Crippen LogP contribution in [-0.4, -0.2) is 20.5 Å². The summed E-state index contributed by atoms with van der Waals surface area (Å²) in [6.07, 6.45) is 2.77. The fraction of sp³-hybridized carbons (Fsp3) is 0.200. The highest BCUT2D eigenvalue weighted by Crippen LogP contribution is 2.32. The number of aryl methyl sites for hydroxylation is 2. The van der Waals surface area contributed by atoms with Crippen molar-refractivity contribution in [3.05, 3.63) is 76.2 Å². The van der Waals surface area contributed by atoms with E-state index >= 15 is 0 Å². The number of aliphatic imine (C=N–C) groups is 1. The third-order valence-corrected chi connectivity index (χ3v) is 5.87. The van der Waals surface area contributed by atoms with Crippen LogP contribution in [0.15, 0.2) is 59.9 Å². The van der Waals surface area contributed by atoms with Gasteiger partial charge in [-0.05, 0) is 48.4 Å². The number of anilines is 1. The van der Waals surface area contributed by atoms with E-state index in [0.29, 0.717) is 6.54 Å². The van der Waals surface area contributed by atoms with Gasteiger partial charge in [-0.3, -0.25) is 0 Å². The Morgan fingerprint density at radius 1 is 1.00 bits per heavy atom. The molecule has 0 saturated heterocycles. The second kappa shape index (κ2) is 7.97. The Morgan fingerprint density at radius 2 is 1.67 bits per heavy atom. The molecule has 0 amide bonds. The Kier molecular flexibility index (Phi) is 5.43. The molecule has 2 aromatic carbocycles. The molecule has 1 aliphatic rings. The van der Waals surface area contributed by atoms with Crippen LogP contribution < -0.4 is 4.90 Å². The smallest absolute Gasteiger partial charge is 0.170 e. The van der Waals surface area contributed by atoms with E-state index in [9.17, 15) is 0 Å². The molecule has 138 valence electrons. The second-order valence-corrected chi connectivity index (χ2v) is 8.24. The van der Waals surface area contributed by atoms with E-state index in [4.69, 9.17) is 28.2 Å². The van der Waals surface area contributed by atoms with Crippen molar-refractivity contribution >= 4 is 51.6 Å². The van der Waals surface area contributed by atoms with Gasteiger partial charge in [0.05, 0.1) is 12.9 Å². The van der Waals surface area contributed by atoms with E-state index in [1.54, 1.807) is 11.8 Å². The first-order valence-corrected chi connectivity index (χ1v) is 10.3. The third kappa shape index (κ3) is 4.15. The average Bonchev–Trinajstić information content (AvgIpc) is 3.04. The third-order valence-electron chi connectivity index (χ3n) is 4.39. The van der Waals surface area contributed by atoms with Crippen molar-refractivity contribution in [1.29, 1.82) is 0 Å². The molecule has 0 unspecified atom stereocenters. The molecule has 4 nitrogen and oxygen atoms in total. The predicted octanol–water partition coefficient (Wildman–Crippen LogP) is 5.71. The molecule has 0 bridgehead atoms. The van der Waals surface area contributed by atoms with E-state index in [-0.39, 0.29) is 0 Å². The molecule has 4 rings (SSSR count). The molecule has 2 heterocycles. The van der Waals surface area contributed by atoms with E-state index in [0.717, 1.165) is 44.6 Å². The molecule has 0 saturated carbocycles. The van der Waals surface area contributed by atoms with Crippen LogP contribution in [0, 0.1) is 0 Å². The Bertz CT molecular complexity index is 965. The van der Waals surface area contributed by atoms with Crippen molar-refractivity contribution in [2.24, 2.45) is 12.0 Å². The van der Waals surface area contributed by atoms with Crippen molar-refractivity contribution in [3.63, 3.8) is 0 Å². The normalized spacial score (nSPS) is 13.4. The largest absolute Gasteiger partial charge is 0.319 e. The minimum absolute atomic E-state index is 0.699. The summed E-state index contributed by atoms with van der Waals surface area (Å²) < 4.78 is 1.97. The van der Waals surface area contributed by atoms with Crippen molar-refractivity contribution in [3.8, 4) is 0 Å². The van der Waals surface area contributed by atoms with Gasteiger partial charge in [0.15, 0.2) is 11.0 Å². The summed E-state index contributed by atoms with van der Waals surface area (Å²) in [6.45, 7) is 0.699. The fourth-order valence-electron chi connectivity index (χ4n) is 2.94. The van der Waals surface area contributed by atoms with Crippen LogP contribution in [0.1, 0.15) is 11.3 Å². The van der Waals surface area contributed by atoms with E-state index in [1.807, 2.05) is 54.3 Å². The van der Waals surface area contributed by atoms with Gasteiger partial charge in [0, 0.05) is 28.5 Å². The Hall–Kier alpha value is -1.95. The number of imidazole rings is 1. The summed E-state index contributed by atoms with van der Waals surface area (Å²) in [5.41, 5.74) is 3.31. The van der Waals surface area contributed by atoms with Crippen LogP contribution in [0.25, 0.3) is 0 Å². The van der Waals surface area contributed by atoms with Crippen LogP contribution in [0.4, 0.5) is 11.5 Å². The number of halogens is 2. The van der Waals surface area contributed by atoms with Crippen LogP contribution in [0.2, 0.25) is 10.0 Å². The van der Waals surface area contributed by atoms with Gasteiger partial charge in [-0.2, -0.15) is 0 Å². The molecule has 0 fully saturated rings. The predicted molar refractivity (Wildman–Crippen MR) is 116 cm³/mol. The molecular weight excluding hydrogens is 399 g/mol. The molecule has 0 aliphatic carbocycles. The first-order chi connectivity index (χ1) is 13.1. The minimum atomic E-state index is 0.699. The first-order valence-electron chi connectivity index (χ1n) is 8.59. The lowest BCUT2D eigenvalue weighted by Crippen LogP contribution is -2.31. The Morgan fingerprint density at radius 3 is 2.37 bits per heavy atom. The number of benzene rings is 2. The number of thioether (sulfide) groups is 1. The van der Waals surface area contributed by atoms with Gasteiger partial charge in [0.2, 0.25) is 0 Å². The summed E-state index contributed by atoms with van der Waals surface area (Å²) in [5.74, 6) is 1.85. The summed E-state index contributed by atoms with van der Waals surface area (Å²) in [4.78, 5) is 11.6. The fourth-order valence-corrected chi connectivity index (χ4v) is 4.19. The molecular formula is C20H18Cl2N4S. The number of nitrogens with zero attached hydrogens (tertiary/aromatic N) is 4. The Labute approximate surface area is 172 Å². The molecule has 1 aliphatic heterocycles. The van der Waals surface area contributed by atoms with E-state index in [2.05, 4.69) is 22.0 Å². The highest BCUT2D eigenvalue weighted by Gasteiger charge is 2.24. The van der Waals surface area contributed by atoms with Crippen LogP contribution in [-0.2, 0) is 20.0 Å². The lowest BCUT2D eigenvalue weighted by atomic mass is 10.2. The molecule has 3 aromatic rings. The second-order valence-electron chi connectivity index (χ2n) is 6.31. The van der Waals surface area contributed by atoms with Gasteiger partial charge >= 0.3 is 0 Å². The molecule has 0 N–H and O–H groups in total. The maximum absolute atomic E-state index is 6.05. The molecule has 7 heteroatoms. The molecule has 27 heavy (non-hydrogen) atoms. The number of hydrogen-bond donors (Lipinski definition) is 0. The quantitative estimate of drug-likeness (QED) is 0.545. The summed E-state index contributed by atoms with van der Waals surface area (Å²) in [6, 6.07) is 15.9. The number of hydrogen-bond acceptors (Lipinski definition) is 4. The number of amidine groups is 1. The zero-order valence-electron chi connectivity index (χ0n) is 14.8. The van der Waals surface area contributed by atoms with Gasteiger partial charge < -0.3 is 9.47 Å². The SMILES string of the molecule is Cn1cnc2c1N=C(SCCc1ccc(Cl)cc1)N(c1ccc(Cl)cc1)C2. The summed E-state index contributed by atoms with van der Waals surface area (Å²) in [7, 11) is 1.98. The van der Waals surface area contributed by atoms with Crippen LogP contribution >= 0.6 is 35.0 Å². The number of aromatic nitrogens is 2. The highest BCUT2D eigenvalue weighted by molar-refractivity contribution is 8.14. The van der Waals surface area contributed by atoms with Gasteiger partial charge in [0.1, 0.15) is 5.69 Å². The van der Waals surface area contributed by atoms with Crippen LogP contribution in [0.3, 0.4) is 0 Å². The Balaban J connectivity index is 1.55. The summed E-state index contributed by atoms with van der Waals surface area (Å²) >= 11 is 13.8. The molecule has 1 aromatic heterocycles. The van der Waals surface area contributed by atoms with Crippen molar-refractivity contribution in [1.82, 2.24) is 9.55 Å². The zero-order chi connectivity index (χ0) is 18.8. The van der Waals surface area contributed by atoms with Crippen LogP contribution in [0.5, 0.6) is 0 Å². The molecule has 0 radical (unpaired) electrons. The lowest BCUT2D eigenvalue weighted by molar-refractivity contribution is 0.896. The standard InChI is InChI=1S/C20H18Cl2N4S/c1-25-13-23-18-12-26(17-8-6-16(22)7-9-17)20(24-19(18)25)27-11-10-14-2-4-15(21)5-3-14/h2-9,13H,10-12H2,1H3. The topological polar surface area (TPSA) is 33.4 Å². The molecule has 0 spiro atoms. The number of rotatable bonds is 4. The van der Waals surface area contributed by atoms with Gasteiger partial charge in [-0.25, -0.2) is 9.98 Å². The maximum atomic E-state index is 6.05. The van der Waals surface area contributed by atoms with Gasteiger partial charge in [-0.1, -0.05) is 47.1 Å². The van der Waals surface area contributed by atoms with Crippen molar-refractivity contribution in [2.45, 2.75) is 13.0 Å². The first kappa shape index (κ1) is 18.4. The maximum Gasteiger partial charge on any atom is 0.170 e. The number of fused-ring (bicyclic) bond motifs is 1. The molecule has 0 atom stereocenters. The average molecular weight is 417 g/mol. The zero-order valence-corrected chi connectivity index (χ0v) is 17.1. The monoisotopic (exact) mass is 416 g/mol. The lowest BCUT2D eigenvalue weighted by Gasteiger charge is -2.28. The highest BCUT2D eigenvalue weighted by atomic mass is 35.5.